The smallest absolute Gasteiger partial charge is 0.183 e. The van der Waals surface area contributed by atoms with E-state index in [1.807, 2.05) is 0 Å². The predicted octanol–water partition coefficient (Wildman–Crippen LogP) is 3.37. The van der Waals surface area contributed by atoms with E-state index in [4.69, 9.17) is 4.74 Å². The van der Waals surface area contributed by atoms with Gasteiger partial charge < -0.3 is 4.74 Å². The fourth-order valence-electron chi connectivity index (χ4n) is 2.20. The van der Waals surface area contributed by atoms with Gasteiger partial charge in [-0.3, -0.25) is 4.79 Å². The van der Waals surface area contributed by atoms with Crippen molar-refractivity contribution in [3.8, 4) is 0 Å². The molecule has 2 rings (SSSR count). The van der Waals surface area contributed by atoms with Crippen LogP contribution in [0, 0.1) is 5.41 Å². The van der Waals surface area contributed by atoms with E-state index >= 15 is 0 Å². The van der Waals surface area contributed by atoms with Crippen LogP contribution in [0.2, 0.25) is 0 Å². The topological polar surface area (TPSA) is 38.7 Å². The third-order valence-electron chi connectivity index (χ3n) is 3.37. The molecule has 0 aromatic heterocycles. The maximum atomic E-state index is 10.7. The van der Waals surface area contributed by atoms with Crippen molar-refractivity contribution in [3.63, 3.8) is 0 Å². The number of Topliss-reactive ketones (excluding diaryl/α,β-unsaturated/α-hetero) is 1. The maximum absolute atomic E-state index is 10.7. The molecular weight excluding hydrogens is 214 g/mol. The molecule has 1 fully saturated rings. The van der Waals surface area contributed by atoms with Crippen LogP contribution in [0.15, 0.2) is 4.99 Å². The van der Waals surface area contributed by atoms with Gasteiger partial charge in [-0.05, 0) is 32.1 Å². The van der Waals surface area contributed by atoms with Crippen molar-refractivity contribution < 1.29 is 9.53 Å². The fourth-order valence-corrected chi connectivity index (χ4v) is 2.20. The van der Waals surface area contributed by atoms with Crippen molar-refractivity contribution >= 4 is 11.7 Å². The monoisotopic (exact) mass is 239 g/mol. The van der Waals surface area contributed by atoms with Gasteiger partial charge in [0.2, 0.25) is 0 Å². The van der Waals surface area contributed by atoms with Crippen molar-refractivity contribution in [2.24, 2.45) is 10.4 Å². The molecule has 0 bridgehead atoms. The molecule has 0 spiro atoms. The predicted molar refractivity (Wildman–Crippen MR) is 70.4 cm³/mol. The molecule has 98 valence electrons. The highest BCUT2D eigenvalue weighted by molar-refractivity contribution is 5.81. The van der Waals surface area contributed by atoms with Crippen LogP contribution in [-0.4, -0.2) is 24.3 Å². The van der Waals surface area contributed by atoms with E-state index in [-0.39, 0.29) is 5.54 Å². The summed E-state index contributed by atoms with van der Waals surface area (Å²) >= 11 is 0. The molecule has 0 atom stereocenters. The van der Waals surface area contributed by atoms with Crippen LogP contribution >= 0.6 is 0 Å². The molecular formula is C14H25NO2. The summed E-state index contributed by atoms with van der Waals surface area (Å²) < 4.78 is 5.00. The molecule has 0 saturated heterocycles. The Morgan fingerprint density at radius 2 is 1.76 bits per heavy atom. The molecule has 1 saturated carbocycles. The summed E-state index contributed by atoms with van der Waals surface area (Å²) in [6.45, 7) is 8.55. The van der Waals surface area contributed by atoms with Crippen molar-refractivity contribution in [2.45, 2.75) is 65.3 Å². The lowest BCUT2D eigenvalue weighted by Gasteiger charge is -2.12. The third kappa shape index (κ3) is 4.88. The molecule has 0 aromatic rings. The van der Waals surface area contributed by atoms with Gasteiger partial charge in [0.25, 0.3) is 0 Å². The number of carbonyl (C=O) groups excluding carboxylic acids is 1. The second-order valence-electron chi connectivity index (χ2n) is 6.40. The standard InChI is InChI=1S/C7H13NO.C7H12O/c1-7(2)5-4-6(8-7)9-3;1-7(2)4-3-6(8)5-7/h4-5H2,1-3H3;3-5H2,1-2H3. The first-order valence-corrected chi connectivity index (χ1v) is 6.39. The van der Waals surface area contributed by atoms with Gasteiger partial charge in [0.05, 0.1) is 12.6 Å². The van der Waals surface area contributed by atoms with Gasteiger partial charge in [0.1, 0.15) is 5.78 Å². The Morgan fingerprint density at radius 3 is 1.94 bits per heavy atom. The van der Waals surface area contributed by atoms with Crippen LogP contribution in [0.25, 0.3) is 0 Å². The van der Waals surface area contributed by atoms with E-state index in [0.29, 0.717) is 11.2 Å². The summed E-state index contributed by atoms with van der Waals surface area (Å²) in [5, 5.41) is 0. The van der Waals surface area contributed by atoms with Crippen LogP contribution < -0.4 is 0 Å². The van der Waals surface area contributed by atoms with Gasteiger partial charge in [0.15, 0.2) is 5.90 Å². The third-order valence-corrected chi connectivity index (χ3v) is 3.37. The number of carbonyl (C=O) groups is 1. The summed E-state index contributed by atoms with van der Waals surface area (Å²) in [7, 11) is 1.68. The van der Waals surface area contributed by atoms with Crippen molar-refractivity contribution in [2.75, 3.05) is 7.11 Å². The number of ether oxygens (including phenoxy) is 1. The number of hydrogen-bond donors (Lipinski definition) is 0. The summed E-state index contributed by atoms with van der Waals surface area (Å²) in [6.07, 6.45) is 4.82. The zero-order chi connectivity index (χ0) is 13.1. The Bertz CT molecular complexity index is 316. The summed E-state index contributed by atoms with van der Waals surface area (Å²) in [4.78, 5) is 15.0. The number of hydrogen-bond acceptors (Lipinski definition) is 3. The highest BCUT2D eigenvalue weighted by Gasteiger charge is 2.28. The van der Waals surface area contributed by atoms with Crippen LogP contribution in [0.5, 0.6) is 0 Å². The minimum absolute atomic E-state index is 0.130. The second-order valence-corrected chi connectivity index (χ2v) is 6.40. The number of methoxy groups -OCH3 is 1. The van der Waals surface area contributed by atoms with E-state index in [1.54, 1.807) is 7.11 Å². The average molecular weight is 239 g/mol. The minimum atomic E-state index is 0.130. The number of aliphatic imine (C=N–C) groups is 1. The zero-order valence-electron chi connectivity index (χ0n) is 11.8. The molecule has 0 aromatic carbocycles. The van der Waals surface area contributed by atoms with E-state index in [1.165, 1.54) is 0 Å². The Balaban J connectivity index is 0.000000171. The lowest BCUT2D eigenvalue weighted by Crippen LogP contribution is -2.10. The molecule has 17 heavy (non-hydrogen) atoms. The highest BCUT2D eigenvalue weighted by Crippen LogP contribution is 2.33. The second kappa shape index (κ2) is 5.19. The molecule has 3 nitrogen and oxygen atoms in total. The molecule has 0 amide bonds. The largest absolute Gasteiger partial charge is 0.484 e. The van der Waals surface area contributed by atoms with Gasteiger partial charge in [-0.1, -0.05) is 13.8 Å². The van der Waals surface area contributed by atoms with Gasteiger partial charge in [-0.15, -0.1) is 0 Å². The van der Waals surface area contributed by atoms with Crippen molar-refractivity contribution in [1.29, 1.82) is 0 Å². The summed E-state index contributed by atoms with van der Waals surface area (Å²) in [6, 6.07) is 0. The molecule has 1 aliphatic heterocycles. The summed E-state index contributed by atoms with van der Waals surface area (Å²) in [5.74, 6) is 1.34. The Hall–Kier alpha value is -0.860. The molecule has 0 radical (unpaired) electrons. The van der Waals surface area contributed by atoms with E-state index in [2.05, 4.69) is 32.7 Å². The average Bonchev–Trinajstić information content (AvgIpc) is 2.70. The van der Waals surface area contributed by atoms with Crippen molar-refractivity contribution in [1.82, 2.24) is 0 Å². The van der Waals surface area contributed by atoms with Crippen LogP contribution in [-0.2, 0) is 9.53 Å². The lowest BCUT2D eigenvalue weighted by molar-refractivity contribution is -0.117. The van der Waals surface area contributed by atoms with Crippen LogP contribution in [0.4, 0.5) is 0 Å². The highest BCUT2D eigenvalue weighted by atomic mass is 16.5. The first-order valence-electron chi connectivity index (χ1n) is 6.39. The molecule has 2 aliphatic rings. The molecule has 0 N–H and O–H groups in total. The molecule has 3 heteroatoms. The van der Waals surface area contributed by atoms with Crippen LogP contribution in [0.1, 0.15) is 59.8 Å². The van der Waals surface area contributed by atoms with Gasteiger partial charge in [0, 0.05) is 19.3 Å². The fraction of sp³-hybridized carbons (Fsp3) is 0.857. The SMILES string of the molecule is CC1(C)CCC(=O)C1.COC1=NC(C)(C)CC1. The number of nitrogens with zero attached hydrogens (tertiary/aromatic N) is 1. The van der Waals surface area contributed by atoms with E-state index < -0.39 is 0 Å². The first kappa shape index (κ1) is 14.2. The molecule has 1 aliphatic carbocycles. The van der Waals surface area contributed by atoms with Crippen LogP contribution in [0.3, 0.4) is 0 Å². The molecule has 0 unspecified atom stereocenters. The first-order chi connectivity index (χ1) is 7.74. The Kier molecular flexibility index (Phi) is 4.34. The number of rotatable bonds is 0. The maximum Gasteiger partial charge on any atom is 0.183 e. The zero-order valence-corrected chi connectivity index (χ0v) is 11.8. The quantitative estimate of drug-likeness (QED) is 0.650. The lowest BCUT2D eigenvalue weighted by atomic mass is 9.92. The van der Waals surface area contributed by atoms with Crippen molar-refractivity contribution in [3.05, 3.63) is 0 Å². The van der Waals surface area contributed by atoms with Gasteiger partial charge in [-0.25, -0.2) is 4.99 Å². The normalized spacial score (nSPS) is 25.0. The Morgan fingerprint density at radius 1 is 1.12 bits per heavy atom. The van der Waals surface area contributed by atoms with E-state index in [0.717, 1.165) is 38.0 Å². The number of ketones is 1. The van der Waals surface area contributed by atoms with Gasteiger partial charge in [-0.2, -0.15) is 0 Å². The minimum Gasteiger partial charge on any atom is -0.484 e. The Labute approximate surface area is 105 Å². The van der Waals surface area contributed by atoms with Gasteiger partial charge >= 0.3 is 0 Å². The summed E-state index contributed by atoms with van der Waals surface area (Å²) in [5.41, 5.74) is 0.447. The van der Waals surface area contributed by atoms with E-state index in [9.17, 15) is 4.79 Å². The molecule has 1 heterocycles.